The van der Waals surface area contributed by atoms with Crippen molar-refractivity contribution < 1.29 is 9.18 Å². The second-order valence-electron chi connectivity index (χ2n) is 3.63. The highest BCUT2D eigenvalue weighted by Crippen LogP contribution is 2.17. The summed E-state index contributed by atoms with van der Waals surface area (Å²) in [4.78, 5) is 15.7. The van der Waals surface area contributed by atoms with Crippen LogP contribution in [0.2, 0.25) is 0 Å². The van der Waals surface area contributed by atoms with Gasteiger partial charge in [0.2, 0.25) is 0 Å². The molecule has 1 N–H and O–H groups in total. The number of hydrogen-bond donors (Lipinski definition) is 1. The van der Waals surface area contributed by atoms with Gasteiger partial charge in [-0.1, -0.05) is 0 Å². The molecule has 1 aromatic carbocycles. The number of nitrogens with one attached hydrogen (secondary N) is 1. The van der Waals surface area contributed by atoms with Crippen molar-refractivity contribution in [3.63, 3.8) is 0 Å². The van der Waals surface area contributed by atoms with E-state index in [1.807, 2.05) is 6.07 Å². The highest BCUT2D eigenvalue weighted by Gasteiger charge is 2.09. The zero-order chi connectivity index (χ0) is 13.8. The van der Waals surface area contributed by atoms with Crippen LogP contribution in [0.1, 0.15) is 15.9 Å². The number of anilines is 1. The maximum Gasteiger partial charge on any atom is 0.256 e. The molecule has 0 atom stereocenters. The number of nitrogens with zero attached hydrogens (tertiary/aromatic N) is 2. The zero-order valence-electron chi connectivity index (χ0n) is 9.52. The molecule has 1 aromatic heterocycles. The number of pyridine rings is 1. The molecule has 0 saturated heterocycles. The van der Waals surface area contributed by atoms with Crippen molar-refractivity contribution in [2.24, 2.45) is 0 Å². The van der Waals surface area contributed by atoms with Crippen molar-refractivity contribution in [1.82, 2.24) is 4.98 Å². The van der Waals surface area contributed by atoms with Crippen LogP contribution in [0.15, 0.2) is 41.0 Å². The largest absolute Gasteiger partial charge is 0.307 e. The Labute approximate surface area is 117 Å². The first-order chi connectivity index (χ1) is 9.10. The molecule has 94 valence electrons. The van der Waals surface area contributed by atoms with Gasteiger partial charge in [0.15, 0.2) is 0 Å². The summed E-state index contributed by atoms with van der Waals surface area (Å²) in [6.45, 7) is 0. The van der Waals surface area contributed by atoms with Gasteiger partial charge in [0.1, 0.15) is 17.7 Å². The Morgan fingerprint density at radius 3 is 2.74 bits per heavy atom. The monoisotopic (exact) mass is 319 g/mol. The molecule has 0 aliphatic carbocycles. The van der Waals surface area contributed by atoms with Crippen molar-refractivity contribution in [1.29, 1.82) is 5.26 Å². The Balaban J connectivity index is 2.16. The predicted molar refractivity (Wildman–Crippen MR) is 71.0 cm³/mol. The maximum atomic E-state index is 13.3. The van der Waals surface area contributed by atoms with Crippen LogP contribution in [0.3, 0.4) is 0 Å². The zero-order valence-corrected chi connectivity index (χ0v) is 11.1. The molecule has 4 nitrogen and oxygen atoms in total. The van der Waals surface area contributed by atoms with Crippen LogP contribution in [0.5, 0.6) is 0 Å². The summed E-state index contributed by atoms with van der Waals surface area (Å²) in [5, 5.41) is 11.1. The van der Waals surface area contributed by atoms with E-state index in [-0.39, 0.29) is 5.56 Å². The molecule has 6 heteroatoms. The van der Waals surface area contributed by atoms with Gasteiger partial charge in [-0.3, -0.25) is 4.79 Å². The van der Waals surface area contributed by atoms with Gasteiger partial charge >= 0.3 is 0 Å². The van der Waals surface area contributed by atoms with Gasteiger partial charge in [-0.05, 0) is 46.3 Å². The first kappa shape index (κ1) is 13.2. The first-order valence-corrected chi connectivity index (χ1v) is 6.02. The van der Waals surface area contributed by atoms with Gasteiger partial charge in [0.25, 0.3) is 5.91 Å². The van der Waals surface area contributed by atoms with E-state index in [1.165, 1.54) is 30.5 Å². The number of nitriles is 1. The molecule has 2 aromatic rings. The van der Waals surface area contributed by atoms with E-state index >= 15 is 0 Å². The van der Waals surface area contributed by atoms with E-state index in [0.29, 0.717) is 15.9 Å². The molecular formula is C13H7BrFN3O. The lowest BCUT2D eigenvalue weighted by molar-refractivity contribution is 0.102. The summed E-state index contributed by atoms with van der Waals surface area (Å²) in [5.41, 5.74) is 0.583. The van der Waals surface area contributed by atoms with Crippen LogP contribution in [-0.4, -0.2) is 10.9 Å². The van der Waals surface area contributed by atoms with Crippen molar-refractivity contribution >= 4 is 27.7 Å². The molecule has 0 aliphatic heterocycles. The molecule has 0 aliphatic rings. The third kappa shape index (κ3) is 3.14. The summed E-state index contributed by atoms with van der Waals surface area (Å²) in [5.74, 6) is -0.684. The second kappa shape index (κ2) is 5.59. The molecule has 0 saturated carbocycles. The number of carbonyl (C=O) groups excluding carboxylic acids is 1. The minimum Gasteiger partial charge on any atom is -0.307 e. The summed E-state index contributed by atoms with van der Waals surface area (Å²) in [7, 11) is 0. The van der Waals surface area contributed by atoms with E-state index in [9.17, 15) is 9.18 Å². The van der Waals surface area contributed by atoms with E-state index in [2.05, 4.69) is 26.2 Å². The molecule has 2 rings (SSSR count). The van der Waals surface area contributed by atoms with Crippen molar-refractivity contribution in [2.45, 2.75) is 0 Å². The number of benzene rings is 1. The Kier molecular flexibility index (Phi) is 3.88. The van der Waals surface area contributed by atoms with E-state index in [1.54, 1.807) is 0 Å². The van der Waals surface area contributed by atoms with Gasteiger partial charge in [-0.15, -0.1) is 0 Å². The van der Waals surface area contributed by atoms with Crippen molar-refractivity contribution in [3.8, 4) is 6.07 Å². The van der Waals surface area contributed by atoms with Crippen LogP contribution in [-0.2, 0) is 0 Å². The topological polar surface area (TPSA) is 65.8 Å². The molecular weight excluding hydrogens is 313 g/mol. The average molecular weight is 320 g/mol. The number of aromatic nitrogens is 1. The molecule has 0 spiro atoms. The fourth-order valence-corrected chi connectivity index (χ4v) is 1.61. The van der Waals surface area contributed by atoms with E-state index in [0.717, 1.165) is 6.07 Å². The quantitative estimate of drug-likeness (QED) is 0.924. The van der Waals surface area contributed by atoms with Crippen molar-refractivity contribution in [3.05, 3.63) is 57.9 Å². The molecule has 19 heavy (non-hydrogen) atoms. The SMILES string of the molecule is N#Cc1ccc(NC(=O)c2ccc(Br)c(F)c2)nc1. The van der Waals surface area contributed by atoms with E-state index < -0.39 is 11.7 Å². The normalized spacial score (nSPS) is 9.74. The molecule has 1 heterocycles. The average Bonchev–Trinajstić information content (AvgIpc) is 2.42. The fourth-order valence-electron chi connectivity index (χ4n) is 1.36. The van der Waals surface area contributed by atoms with Gasteiger partial charge in [0.05, 0.1) is 10.0 Å². The molecule has 0 bridgehead atoms. The van der Waals surface area contributed by atoms with Crippen molar-refractivity contribution in [2.75, 3.05) is 5.32 Å². The van der Waals surface area contributed by atoms with Gasteiger partial charge in [-0.2, -0.15) is 5.26 Å². The first-order valence-electron chi connectivity index (χ1n) is 5.22. The summed E-state index contributed by atoms with van der Waals surface area (Å²) < 4.78 is 13.6. The second-order valence-corrected chi connectivity index (χ2v) is 4.48. The summed E-state index contributed by atoms with van der Waals surface area (Å²) >= 11 is 3.01. The van der Waals surface area contributed by atoms with Gasteiger partial charge in [-0.25, -0.2) is 9.37 Å². The van der Waals surface area contributed by atoms with Crippen LogP contribution >= 0.6 is 15.9 Å². The number of hydrogen-bond acceptors (Lipinski definition) is 3. The van der Waals surface area contributed by atoms with Gasteiger partial charge < -0.3 is 5.32 Å². The van der Waals surface area contributed by atoms with Crippen LogP contribution in [0, 0.1) is 17.1 Å². The Hall–Kier alpha value is -2.26. The van der Waals surface area contributed by atoms with E-state index in [4.69, 9.17) is 5.26 Å². The smallest absolute Gasteiger partial charge is 0.256 e. The third-order valence-electron chi connectivity index (χ3n) is 2.32. The van der Waals surface area contributed by atoms with Crippen LogP contribution in [0.25, 0.3) is 0 Å². The maximum absolute atomic E-state index is 13.3. The lowest BCUT2D eigenvalue weighted by atomic mass is 10.2. The number of halogens is 2. The lowest BCUT2D eigenvalue weighted by Gasteiger charge is -2.05. The number of amides is 1. The highest BCUT2D eigenvalue weighted by molar-refractivity contribution is 9.10. The highest BCUT2D eigenvalue weighted by atomic mass is 79.9. The third-order valence-corrected chi connectivity index (χ3v) is 2.96. The summed E-state index contributed by atoms with van der Waals surface area (Å²) in [6.07, 6.45) is 1.35. The van der Waals surface area contributed by atoms with Gasteiger partial charge in [0, 0.05) is 11.8 Å². The molecule has 1 amide bonds. The Bertz CT molecular complexity index is 665. The van der Waals surface area contributed by atoms with Crippen LogP contribution in [0.4, 0.5) is 10.2 Å². The minimum atomic E-state index is -0.513. The minimum absolute atomic E-state index is 0.187. The molecule has 0 radical (unpaired) electrons. The Morgan fingerprint density at radius 1 is 1.37 bits per heavy atom. The van der Waals surface area contributed by atoms with Crippen LogP contribution < -0.4 is 5.32 Å². The molecule has 0 unspecified atom stereocenters. The Morgan fingerprint density at radius 2 is 2.16 bits per heavy atom. The summed E-state index contributed by atoms with van der Waals surface area (Å²) in [6, 6.07) is 9.04. The number of carbonyl (C=O) groups is 1. The fraction of sp³-hybridized carbons (Fsp3) is 0. The standard InChI is InChI=1S/C13H7BrFN3O/c14-10-3-2-9(5-11(10)15)13(19)18-12-4-1-8(6-16)7-17-12/h1-5,7H,(H,17,18,19). The number of rotatable bonds is 2. The lowest BCUT2D eigenvalue weighted by Crippen LogP contribution is -2.13. The predicted octanol–water partition coefficient (Wildman–Crippen LogP) is 3.11. The molecule has 0 fully saturated rings.